The SMILES string of the molecule is CCCCC(NC)c1cc(OC)c(OC)cc1Br. The van der Waals surface area contributed by atoms with E-state index in [0.29, 0.717) is 6.04 Å². The van der Waals surface area contributed by atoms with E-state index in [1.54, 1.807) is 14.2 Å². The van der Waals surface area contributed by atoms with E-state index in [1.807, 2.05) is 19.2 Å². The molecule has 1 aromatic carbocycles. The zero-order valence-electron chi connectivity index (χ0n) is 11.5. The minimum atomic E-state index is 0.333. The normalized spacial score (nSPS) is 12.3. The van der Waals surface area contributed by atoms with E-state index in [-0.39, 0.29) is 0 Å². The number of benzene rings is 1. The summed E-state index contributed by atoms with van der Waals surface area (Å²) in [5.41, 5.74) is 1.21. The summed E-state index contributed by atoms with van der Waals surface area (Å²) in [5.74, 6) is 1.52. The molecule has 0 saturated carbocycles. The molecule has 3 nitrogen and oxygen atoms in total. The van der Waals surface area contributed by atoms with E-state index in [1.165, 1.54) is 18.4 Å². The molecule has 1 atom stereocenters. The van der Waals surface area contributed by atoms with Crippen molar-refractivity contribution in [3.05, 3.63) is 22.2 Å². The summed E-state index contributed by atoms with van der Waals surface area (Å²) in [4.78, 5) is 0. The van der Waals surface area contributed by atoms with Crippen molar-refractivity contribution in [1.29, 1.82) is 0 Å². The number of halogens is 1. The molecule has 1 rings (SSSR count). The third-order valence-electron chi connectivity index (χ3n) is 3.07. The summed E-state index contributed by atoms with van der Waals surface area (Å²) in [6, 6.07) is 4.34. The molecule has 0 amide bonds. The summed E-state index contributed by atoms with van der Waals surface area (Å²) in [6.07, 6.45) is 3.51. The molecule has 0 aliphatic rings. The van der Waals surface area contributed by atoms with Gasteiger partial charge in [-0.05, 0) is 31.2 Å². The molecule has 0 spiro atoms. The lowest BCUT2D eigenvalue weighted by atomic mass is 10.0. The highest BCUT2D eigenvalue weighted by atomic mass is 79.9. The Morgan fingerprint density at radius 3 is 2.33 bits per heavy atom. The summed E-state index contributed by atoms with van der Waals surface area (Å²) in [7, 11) is 5.30. The van der Waals surface area contributed by atoms with Crippen LogP contribution in [-0.2, 0) is 0 Å². The van der Waals surface area contributed by atoms with Crippen molar-refractivity contribution in [3.8, 4) is 11.5 Å². The van der Waals surface area contributed by atoms with E-state index in [0.717, 1.165) is 22.4 Å². The highest BCUT2D eigenvalue weighted by Gasteiger charge is 2.16. The molecule has 0 aromatic heterocycles. The van der Waals surface area contributed by atoms with Gasteiger partial charge < -0.3 is 14.8 Å². The number of nitrogens with one attached hydrogen (secondary N) is 1. The van der Waals surface area contributed by atoms with Crippen LogP contribution < -0.4 is 14.8 Å². The monoisotopic (exact) mass is 315 g/mol. The first-order valence-electron chi connectivity index (χ1n) is 6.26. The quantitative estimate of drug-likeness (QED) is 0.827. The van der Waals surface area contributed by atoms with Gasteiger partial charge in [0.2, 0.25) is 0 Å². The second-order valence-electron chi connectivity index (χ2n) is 4.21. The molecule has 0 saturated heterocycles. The van der Waals surface area contributed by atoms with Crippen LogP contribution in [0.2, 0.25) is 0 Å². The number of rotatable bonds is 7. The van der Waals surface area contributed by atoms with Gasteiger partial charge in [-0.3, -0.25) is 0 Å². The molecular formula is C14H22BrNO2. The van der Waals surface area contributed by atoms with Crippen molar-refractivity contribution in [2.45, 2.75) is 32.2 Å². The van der Waals surface area contributed by atoms with Crippen LogP contribution in [-0.4, -0.2) is 21.3 Å². The Hall–Kier alpha value is -0.740. The van der Waals surface area contributed by atoms with Gasteiger partial charge in [-0.15, -0.1) is 0 Å². The van der Waals surface area contributed by atoms with Crippen molar-refractivity contribution in [1.82, 2.24) is 5.32 Å². The average Bonchev–Trinajstić information content (AvgIpc) is 2.40. The number of ether oxygens (including phenoxy) is 2. The molecular weight excluding hydrogens is 294 g/mol. The molecule has 0 fully saturated rings. The van der Waals surface area contributed by atoms with E-state index in [9.17, 15) is 0 Å². The maximum atomic E-state index is 5.36. The van der Waals surface area contributed by atoms with Crippen LogP contribution in [0.5, 0.6) is 11.5 Å². The van der Waals surface area contributed by atoms with Gasteiger partial charge >= 0.3 is 0 Å². The first-order chi connectivity index (χ1) is 8.67. The van der Waals surface area contributed by atoms with Crippen LogP contribution in [0.1, 0.15) is 37.8 Å². The fraction of sp³-hybridized carbons (Fsp3) is 0.571. The highest BCUT2D eigenvalue weighted by molar-refractivity contribution is 9.10. The molecule has 0 aliphatic carbocycles. The maximum Gasteiger partial charge on any atom is 0.161 e. The Balaban J connectivity index is 3.06. The molecule has 0 bridgehead atoms. The second kappa shape index (κ2) is 7.64. The molecule has 4 heteroatoms. The first-order valence-corrected chi connectivity index (χ1v) is 7.05. The minimum Gasteiger partial charge on any atom is -0.493 e. The highest BCUT2D eigenvalue weighted by Crippen LogP contribution is 2.37. The van der Waals surface area contributed by atoms with Crippen LogP contribution >= 0.6 is 15.9 Å². The Labute approximate surface area is 118 Å². The predicted molar refractivity (Wildman–Crippen MR) is 78.6 cm³/mol. The average molecular weight is 316 g/mol. The summed E-state index contributed by atoms with van der Waals surface area (Å²) in [5, 5.41) is 3.36. The number of unbranched alkanes of at least 4 members (excludes halogenated alkanes) is 1. The molecule has 1 unspecified atom stereocenters. The predicted octanol–water partition coefficient (Wildman–Crippen LogP) is 3.92. The minimum absolute atomic E-state index is 0.333. The number of hydrogen-bond donors (Lipinski definition) is 1. The maximum absolute atomic E-state index is 5.36. The molecule has 0 radical (unpaired) electrons. The van der Waals surface area contributed by atoms with Gasteiger partial charge in [-0.2, -0.15) is 0 Å². The smallest absolute Gasteiger partial charge is 0.161 e. The van der Waals surface area contributed by atoms with Gasteiger partial charge in [-0.1, -0.05) is 35.7 Å². The van der Waals surface area contributed by atoms with Crippen molar-refractivity contribution < 1.29 is 9.47 Å². The van der Waals surface area contributed by atoms with Crippen LogP contribution in [0, 0.1) is 0 Å². The lowest BCUT2D eigenvalue weighted by Crippen LogP contribution is -2.17. The fourth-order valence-electron chi connectivity index (χ4n) is 2.00. The van der Waals surface area contributed by atoms with Crippen molar-refractivity contribution in [2.75, 3.05) is 21.3 Å². The molecule has 18 heavy (non-hydrogen) atoms. The Bertz CT molecular complexity index is 382. The van der Waals surface area contributed by atoms with Gasteiger partial charge in [0.1, 0.15) is 0 Å². The largest absolute Gasteiger partial charge is 0.493 e. The topological polar surface area (TPSA) is 30.5 Å². The first kappa shape index (κ1) is 15.3. The van der Waals surface area contributed by atoms with E-state index < -0.39 is 0 Å². The molecule has 0 heterocycles. The molecule has 1 aromatic rings. The third kappa shape index (κ3) is 3.62. The van der Waals surface area contributed by atoms with E-state index in [2.05, 4.69) is 28.2 Å². The van der Waals surface area contributed by atoms with Gasteiger partial charge in [0.05, 0.1) is 14.2 Å². The number of hydrogen-bond acceptors (Lipinski definition) is 3. The van der Waals surface area contributed by atoms with Gasteiger partial charge in [-0.25, -0.2) is 0 Å². The van der Waals surface area contributed by atoms with Crippen LogP contribution in [0.4, 0.5) is 0 Å². The zero-order chi connectivity index (χ0) is 13.5. The fourth-order valence-corrected chi connectivity index (χ4v) is 2.60. The van der Waals surface area contributed by atoms with Gasteiger partial charge in [0.15, 0.2) is 11.5 Å². The second-order valence-corrected chi connectivity index (χ2v) is 5.07. The summed E-state index contributed by atoms with van der Waals surface area (Å²) < 4.78 is 11.7. The van der Waals surface area contributed by atoms with E-state index in [4.69, 9.17) is 9.47 Å². The lowest BCUT2D eigenvalue weighted by molar-refractivity contribution is 0.353. The Morgan fingerprint density at radius 2 is 1.83 bits per heavy atom. The van der Waals surface area contributed by atoms with Gasteiger partial charge in [0, 0.05) is 10.5 Å². The van der Waals surface area contributed by atoms with Crippen LogP contribution in [0.15, 0.2) is 16.6 Å². The van der Waals surface area contributed by atoms with Gasteiger partial charge in [0.25, 0.3) is 0 Å². The number of methoxy groups -OCH3 is 2. The third-order valence-corrected chi connectivity index (χ3v) is 3.76. The summed E-state index contributed by atoms with van der Waals surface area (Å²) >= 11 is 3.61. The standard InChI is InChI=1S/C14H22BrNO2/c1-5-6-7-12(16-2)10-8-13(17-3)14(18-4)9-11(10)15/h8-9,12,16H,5-7H2,1-4H3. The molecule has 0 aliphatic heterocycles. The van der Waals surface area contributed by atoms with Crippen molar-refractivity contribution in [3.63, 3.8) is 0 Å². The summed E-state index contributed by atoms with van der Waals surface area (Å²) in [6.45, 7) is 2.20. The van der Waals surface area contributed by atoms with Crippen LogP contribution in [0.3, 0.4) is 0 Å². The van der Waals surface area contributed by atoms with Crippen molar-refractivity contribution >= 4 is 15.9 Å². The van der Waals surface area contributed by atoms with E-state index >= 15 is 0 Å². The Kier molecular flexibility index (Phi) is 6.50. The molecule has 102 valence electrons. The zero-order valence-corrected chi connectivity index (χ0v) is 13.1. The Morgan fingerprint density at radius 1 is 1.22 bits per heavy atom. The van der Waals surface area contributed by atoms with Crippen molar-refractivity contribution in [2.24, 2.45) is 0 Å². The van der Waals surface area contributed by atoms with Crippen LogP contribution in [0.25, 0.3) is 0 Å². The molecule has 1 N–H and O–H groups in total. The lowest BCUT2D eigenvalue weighted by Gasteiger charge is -2.20.